The quantitative estimate of drug-likeness (QED) is 0.735. The van der Waals surface area contributed by atoms with Crippen molar-refractivity contribution in [2.75, 3.05) is 0 Å². The van der Waals surface area contributed by atoms with Crippen molar-refractivity contribution in [2.45, 2.75) is 20.4 Å². The number of nitrogens with zero attached hydrogens (tertiary/aromatic N) is 2. The van der Waals surface area contributed by atoms with Crippen molar-refractivity contribution < 1.29 is 4.79 Å². The molecule has 16 heavy (non-hydrogen) atoms. The Balaban J connectivity index is 2.27. The smallest absolute Gasteiger partial charge is 0.185 e. The van der Waals surface area contributed by atoms with Crippen LogP contribution < -0.4 is 0 Å². The number of carbonyl (C=O) groups excluding carboxylic acids is 1. The first-order chi connectivity index (χ1) is 7.70. The zero-order valence-corrected chi connectivity index (χ0v) is 9.47. The Bertz CT molecular complexity index is 514. The molecule has 82 valence electrons. The summed E-state index contributed by atoms with van der Waals surface area (Å²) in [6.07, 6.45) is 4.24. The van der Waals surface area contributed by atoms with Gasteiger partial charge in [0.25, 0.3) is 0 Å². The van der Waals surface area contributed by atoms with Crippen LogP contribution in [0.25, 0.3) is 0 Å². The number of aromatic nitrogens is 2. The van der Waals surface area contributed by atoms with Gasteiger partial charge in [-0.25, -0.2) is 4.98 Å². The highest BCUT2D eigenvalue weighted by atomic mass is 16.1. The number of benzene rings is 1. The SMILES string of the molecule is Cc1ccc(Cn2ccnc2C=O)cc1C. The number of aldehydes is 1. The van der Waals surface area contributed by atoms with Crippen LogP contribution in [0.2, 0.25) is 0 Å². The van der Waals surface area contributed by atoms with E-state index in [4.69, 9.17) is 0 Å². The monoisotopic (exact) mass is 214 g/mol. The summed E-state index contributed by atoms with van der Waals surface area (Å²) in [5, 5.41) is 0. The highest BCUT2D eigenvalue weighted by molar-refractivity contribution is 5.69. The summed E-state index contributed by atoms with van der Waals surface area (Å²) in [6.45, 7) is 4.87. The molecule has 0 saturated carbocycles. The Labute approximate surface area is 94.7 Å². The lowest BCUT2D eigenvalue weighted by atomic mass is 10.1. The number of carbonyl (C=O) groups is 1. The van der Waals surface area contributed by atoms with Gasteiger partial charge in [0.05, 0.1) is 0 Å². The van der Waals surface area contributed by atoms with Crippen LogP contribution in [-0.2, 0) is 6.54 Å². The first-order valence-electron chi connectivity index (χ1n) is 5.23. The minimum absolute atomic E-state index is 0.471. The van der Waals surface area contributed by atoms with Crippen LogP contribution >= 0.6 is 0 Å². The molecule has 2 aromatic rings. The van der Waals surface area contributed by atoms with Crippen LogP contribution in [0, 0.1) is 13.8 Å². The zero-order chi connectivity index (χ0) is 11.5. The van der Waals surface area contributed by atoms with Gasteiger partial charge in [-0.05, 0) is 30.5 Å². The molecular formula is C13H14N2O. The molecule has 0 radical (unpaired) electrons. The van der Waals surface area contributed by atoms with Crippen molar-refractivity contribution in [3.8, 4) is 0 Å². The average molecular weight is 214 g/mol. The van der Waals surface area contributed by atoms with Crippen molar-refractivity contribution in [1.29, 1.82) is 0 Å². The lowest BCUT2D eigenvalue weighted by Gasteiger charge is -2.07. The first-order valence-corrected chi connectivity index (χ1v) is 5.23. The maximum Gasteiger partial charge on any atom is 0.185 e. The number of rotatable bonds is 3. The van der Waals surface area contributed by atoms with E-state index in [1.54, 1.807) is 6.20 Å². The molecule has 1 aromatic heterocycles. The molecule has 1 aromatic carbocycles. The van der Waals surface area contributed by atoms with Crippen LogP contribution in [-0.4, -0.2) is 15.8 Å². The Morgan fingerprint density at radius 1 is 1.31 bits per heavy atom. The molecule has 0 N–H and O–H groups in total. The van der Waals surface area contributed by atoms with Gasteiger partial charge in [0.2, 0.25) is 0 Å². The maximum absolute atomic E-state index is 10.7. The lowest BCUT2D eigenvalue weighted by molar-refractivity contribution is 0.111. The third kappa shape index (κ3) is 2.03. The van der Waals surface area contributed by atoms with Gasteiger partial charge in [-0.15, -0.1) is 0 Å². The Hall–Kier alpha value is -1.90. The predicted octanol–water partition coefficient (Wildman–Crippen LogP) is 2.36. The molecule has 1 heterocycles. The lowest BCUT2D eigenvalue weighted by Crippen LogP contribution is -2.03. The van der Waals surface area contributed by atoms with Crippen LogP contribution in [0.1, 0.15) is 27.3 Å². The molecule has 0 fully saturated rings. The van der Waals surface area contributed by atoms with Crippen molar-refractivity contribution in [2.24, 2.45) is 0 Å². The van der Waals surface area contributed by atoms with E-state index in [1.165, 1.54) is 16.7 Å². The van der Waals surface area contributed by atoms with E-state index >= 15 is 0 Å². The Morgan fingerprint density at radius 2 is 2.12 bits per heavy atom. The van der Waals surface area contributed by atoms with E-state index in [1.807, 2.05) is 10.8 Å². The fourth-order valence-electron chi connectivity index (χ4n) is 1.67. The van der Waals surface area contributed by atoms with Gasteiger partial charge in [0.1, 0.15) is 0 Å². The summed E-state index contributed by atoms with van der Waals surface area (Å²) in [4.78, 5) is 14.7. The van der Waals surface area contributed by atoms with E-state index in [0.717, 1.165) is 6.29 Å². The van der Waals surface area contributed by atoms with Crippen molar-refractivity contribution >= 4 is 6.29 Å². The van der Waals surface area contributed by atoms with Crippen LogP contribution in [0.3, 0.4) is 0 Å². The van der Waals surface area contributed by atoms with E-state index in [2.05, 4.69) is 37.0 Å². The van der Waals surface area contributed by atoms with Gasteiger partial charge in [-0.2, -0.15) is 0 Å². The van der Waals surface area contributed by atoms with Crippen LogP contribution in [0.15, 0.2) is 30.6 Å². The molecule has 3 heteroatoms. The summed E-state index contributed by atoms with van der Waals surface area (Å²) in [7, 11) is 0. The number of hydrogen-bond donors (Lipinski definition) is 0. The number of hydrogen-bond acceptors (Lipinski definition) is 2. The van der Waals surface area contributed by atoms with Crippen molar-refractivity contribution in [3.63, 3.8) is 0 Å². The average Bonchev–Trinajstić information content (AvgIpc) is 2.71. The van der Waals surface area contributed by atoms with Gasteiger partial charge in [-0.3, -0.25) is 4.79 Å². The normalized spacial score (nSPS) is 10.4. The first kappa shape index (κ1) is 10.6. The second-order valence-corrected chi connectivity index (χ2v) is 3.95. The van der Waals surface area contributed by atoms with E-state index in [9.17, 15) is 4.79 Å². The second kappa shape index (κ2) is 4.31. The number of aryl methyl sites for hydroxylation is 2. The minimum atomic E-state index is 0.471. The molecule has 0 aliphatic carbocycles. The van der Waals surface area contributed by atoms with Gasteiger partial charge in [0, 0.05) is 18.9 Å². The molecule has 0 bridgehead atoms. The van der Waals surface area contributed by atoms with E-state index < -0.39 is 0 Å². The van der Waals surface area contributed by atoms with Gasteiger partial charge in [-0.1, -0.05) is 18.2 Å². The summed E-state index contributed by atoms with van der Waals surface area (Å²) in [5.41, 5.74) is 3.74. The molecule has 3 nitrogen and oxygen atoms in total. The van der Waals surface area contributed by atoms with Gasteiger partial charge < -0.3 is 4.57 Å². The molecule has 0 unspecified atom stereocenters. The largest absolute Gasteiger partial charge is 0.324 e. The zero-order valence-electron chi connectivity index (χ0n) is 9.47. The molecule has 0 aliphatic rings. The van der Waals surface area contributed by atoms with Crippen molar-refractivity contribution in [3.05, 3.63) is 53.1 Å². The maximum atomic E-state index is 10.7. The molecule has 0 amide bonds. The van der Waals surface area contributed by atoms with Gasteiger partial charge >= 0.3 is 0 Å². The van der Waals surface area contributed by atoms with E-state index in [0.29, 0.717) is 12.4 Å². The molecule has 0 spiro atoms. The second-order valence-electron chi connectivity index (χ2n) is 3.95. The topological polar surface area (TPSA) is 34.9 Å². The summed E-state index contributed by atoms with van der Waals surface area (Å²) < 4.78 is 1.84. The highest BCUT2D eigenvalue weighted by Crippen LogP contribution is 2.11. The summed E-state index contributed by atoms with van der Waals surface area (Å²) in [5.74, 6) is 0.471. The number of imidazole rings is 1. The fourth-order valence-corrected chi connectivity index (χ4v) is 1.67. The van der Waals surface area contributed by atoms with E-state index in [-0.39, 0.29) is 0 Å². The third-order valence-electron chi connectivity index (χ3n) is 2.78. The third-order valence-corrected chi connectivity index (χ3v) is 2.78. The van der Waals surface area contributed by atoms with Gasteiger partial charge in [0.15, 0.2) is 12.1 Å². The van der Waals surface area contributed by atoms with Crippen molar-refractivity contribution in [1.82, 2.24) is 9.55 Å². The van der Waals surface area contributed by atoms with Crippen LogP contribution in [0.4, 0.5) is 0 Å². The Morgan fingerprint density at radius 3 is 2.81 bits per heavy atom. The molecule has 2 rings (SSSR count). The summed E-state index contributed by atoms with van der Waals surface area (Å²) >= 11 is 0. The minimum Gasteiger partial charge on any atom is -0.324 e. The molecule has 0 saturated heterocycles. The Kier molecular flexibility index (Phi) is 2.86. The molecule has 0 aliphatic heterocycles. The molecular weight excluding hydrogens is 200 g/mol. The fraction of sp³-hybridized carbons (Fsp3) is 0.231. The predicted molar refractivity (Wildman–Crippen MR) is 62.6 cm³/mol. The van der Waals surface area contributed by atoms with Crippen LogP contribution in [0.5, 0.6) is 0 Å². The molecule has 0 atom stereocenters. The highest BCUT2D eigenvalue weighted by Gasteiger charge is 2.02. The summed E-state index contributed by atoms with van der Waals surface area (Å²) in [6, 6.07) is 6.32. The standard InChI is InChI=1S/C13H14N2O/c1-10-3-4-12(7-11(10)2)8-15-6-5-14-13(15)9-16/h3-7,9H,8H2,1-2H3.